The van der Waals surface area contributed by atoms with Crippen molar-refractivity contribution in [1.82, 2.24) is 10.2 Å². The molecule has 2 aromatic carbocycles. The fourth-order valence-corrected chi connectivity index (χ4v) is 2.68. The van der Waals surface area contributed by atoms with E-state index in [9.17, 15) is 9.18 Å². The molecular formula is C21H28ClFN2O3. The van der Waals surface area contributed by atoms with Gasteiger partial charge in [-0.1, -0.05) is 18.2 Å². The summed E-state index contributed by atoms with van der Waals surface area (Å²) in [4.78, 5) is 13.4. The number of likely N-dealkylation sites (N-methyl/N-ethyl adjacent to an activating group) is 1. The van der Waals surface area contributed by atoms with Crippen LogP contribution >= 0.6 is 12.4 Å². The zero-order valence-corrected chi connectivity index (χ0v) is 17.5. The van der Waals surface area contributed by atoms with Gasteiger partial charge in [0, 0.05) is 14.1 Å². The molecule has 0 bridgehead atoms. The first-order valence-corrected chi connectivity index (χ1v) is 8.89. The van der Waals surface area contributed by atoms with Crippen LogP contribution in [-0.2, 0) is 17.8 Å². The van der Waals surface area contributed by atoms with Gasteiger partial charge in [-0.2, -0.15) is 0 Å². The van der Waals surface area contributed by atoms with E-state index in [1.807, 2.05) is 31.2 Å². The molecule has 0 aliphatic heterocycles. The first-order chi connectivity index (χ1) is 12.9. The van der Waals surface area contributed by atoms with E-state index in [4.69, 9.17) is 9.47 Å². The summed E-state index contributed by atoms with van der Waals surface area (Å²) in [5.41, 5.74) is 1.83. The van der Waals surface area contributed by atoms with Crippen molar-refractivity contribution in [2.45, 2.75) is 26.0 Å². The third-order valence-corrected chi connectivity index (χ3v) is 4.19. The third-order valence-electron chi connectivity index (χ3n) is 4.19. The molecule has 0 aromatic heterocycles. The summed E-state index contributed by atoms with van der Waals surface area (Å²) in [6.07, 6.45) is 0.756. The van der Waals surface area contributed by atoms with E-state index in [2.05, 4.69) is 5.32 Å². The molecule has 2 aromatic rings. The normalized spacial score (nSPS) is 11.3. The lowest BCUT2D eigenvalue weighted by Crippen LogP contribution is -2.42. The number of ether oxygens (including phenoxy) is 2. The van der Waals surface area contributed by atoms with Gasteiger partial charge in [-0.05, 0) is 55.3 Å². The number of nitrogens with one attached hydrogen (secondary N) is 1. The van der Waals surface area contributed by atoms with Crippen molar-refractivity contribution < 1.29 is 18.7 Å². The van der Waals surface area contributed by atoms with Crippen LogP contribution in [0, 0.1) is 5.82 Å². The Morgan fingerprint density at radius 3 is 2.54 bits per heavy atom. The van der Waals surface area contributed by atoms with E-state index in [-0.39, 0.29) is 36.8 Å². The highest BCUT2D eigenvalue weighted by molar-refractivity contribution is 5.85. The van der Waals surface area contributed by atoms with E-state index < -0.39 is 0 Å². The van der Waals surface area contributed by atoms with E-state index in [0.29, 0.717) is 18.0 Å². The fourth-order valence-electron chi connectivity index (χ4n) is 2.68. The van der Waals surface area contributed by atoms with Crippen molar-refractivity contribution in [3.05, 3.63) is 59.4 Å². The lowest BCUT2D eigenvalue weighted by Gasteiger charge is -2.18. The van der Waals surface area contributed by atoms with E-state index in [0.717, 1.165) is 17.5 Å². The van der Waals surface area contributed by atoms with Crippen LogP contribution in [0.2, 0.25) is 0 Å². The SMILES string of the molecule is COc1cc(CCNC(C)C(=O)N(C)C)ccc1OCc1cccc(F)c1.Cl. The zero-order chi connectivity index (χ0) is 19.8. The van der Waals surface area contributed by atoms with E-state index >= 15 is 0 Å². The number of rotatable bonds is 9. The molecule has 0 spiro atoms. The van der Waals surface area contributed by atoms with Gasteiger partial charge in [0.05, 0.1) is 13.2 Å². The molecule has 1 N–H and O–H groups in total. The standard InChI is InChI=1S/C21H27FN2O3.ClH/c1-15(21(25)24(2)3)23-11-10-16-8-9-19(20(13-16)26-4)27-14-17-6-5-7-18(22)12-17;/h5-9,12-13,15,23H,10-11,14H2,1-4H3;1H. The lowest BCUT2D eigenvalue weighted by atomic mass is 10.1. The fraction of sp³-hybridized carbons (Fsp3) is 0.381. The van der Waals surface area contributed by atoms with Crippen molar-refractivity contribution in [2.75, 3.05) is 27.7 Å². The third kappa shape index (κ3) is 7.02. The van der Waals surface area contributed by atoms with Gasteiger partial charge in [-0.15, -0.1) is 12.4 Å². The van der Waals surface area contributed by atoms with Gasteiger partial charge in [0.2, 0.25) is 5.91 Å². The molecular weight excluding hydrogens is 383 g/mol. The summed E-state index contributed by atoms with van der Waals surface area (Å²) >= 11 is 0. The molecule has 1 unspecified atom stereocenters. The zero-order valence-electron chi connectivity index (χ0n) is 16.7. The maximum Gasteiger partial charge on any atom is 0.238 e. The maximum absolute atomic E-state index is 13.3. The van der Waals surface area contributed by atoms with Gasteiger partial charge in [-0.3, -0.25) is 4.79 Å². The molecule has 1 atom stereocenters. The van der Waals surface area contributed by atoms with Gasteiger partial charge in [0.25, 0.3) is 0 Å². The predicted octanol–water partition coefficient (Wildman–Crippen LogP) is 3.44. The number of hydrogen-bond acceptors (Lipinski definition) is 4. The average Bonchev–Trinajstić information content (AvgIpc) is 2.66. The lowest BCUT2D eigenvalue weighted by molar-refractivity contribution is -0.130. The number of nitrogens with zero attached hydrogens (tertiary/aromatic N) is 1. The molecule has 154 valence electrons. The number of halogens is 2. The molecule has 5 nitrogen and oxygen atoms in total. The Morgan fingerprint density at radius 1 is 1.14 bits per heavy atom. The summed E-state index contributed by atoms with van der Waals surface area (Å²) in [5, 5.41) is 3.22. The minimum absolute atomic E-state index is 0. The summed E-state index contributed by atoms with van der Waals surface area (Å²) in [6.45, 7) is 2.79. The van der Waals surface area contributed by atoms with Crippen molar-refractivity contribution in [3.63, 3.8) is 0 Å². The van der Waals surface area contributed by atoms with Gasteiger partial charge in [0.15, 0.2) is 11.5 Å². The quantitative estimate of drug-likeness (QED) is 0.688. The summed E-state index contributed by atoms with van der Waals surface area (Å²) in [6, 6.07) is 11.8. The topological polar surface area (TPSA) is 50.8 Å². The molecule has 0 fully saturated rings. The summed E-state index contributed by atoms with van der Waals surface area (Å²) < 4.78 is 24.4. The highest BCUT2D eigenvalue weighted by atomic mass is 35.5. The van der Waals surface area contributed by atoms with Crippen LogP contribution in [0.4, 0.5) is 4.39 Å². The van der Waals surface area contributed by atoms with Crippen LogP contribution < -0.4 is 14.8 Å². The molecule has 0 aliphatic carbocycles. The molecule has 7 heteroatoms. The minimum Gasteiger partial charge on any atom is -0.493 e. The van der Waals surface area contributed by atoms with Crippen molar-refractivity contribution in [3.8, 4) is 11.5 Å². The minimum atomic E-state index is -0.284. The summed E-state index contributed by atoms with van der Waals surface area (Å²) in [5.74, 6) is 0.998. The molecule has 0 aliphatic rings. The van der Waals surface area contributed by atoms with Crippen LogP contribution in [-0.4, -0.2) is 44.6 Å². The average molecular weight is 411 g/mol. The molecule has 0 radical (unpaired) electrons. The molecule has 0 heterocycles. The Hall–Kier alpha value is -2.31. The van der Waals surface area contributed by atoms with Gasteiger partial charge in [-0.25, -0.2) is 4.39 Å². The Balaban J connectivity index is 0.00000392. The van der Waals surface area contributed by atoms with Crippen molar-refractivity contribution >= 4 is 18.3 Å². The number of methoxy groups -OCH3 is 1. The Labute approximate surface area is 172 Å². The van der Waals surface area contributed by atoms with Crippen LogP contribution in [0.25, 0.3) is 0 Å². The van der Waals surface area contributed by atoms with Gasteiger partial charge in [0.1, 0.15) is 12.4 Å². The molecule has 0 saturated carbocycles. The molecule has 1 amide bonds. The largest absolute Gasteiger partial charge is 0.493 e. The molecule has 2 rings (SSSR count). The summed E-state index contributed by atoms with van der Waals surface area (Å²) in [7, 11) is 5.08. The second-order valence-electron chi connectivity index (χ2n) is 6.56. The number of carbonyl (C=O) groups excluding carboxylic acids is 1. The van der Waals surface area contributed by atoms with Gasteiger partial charge < -0.3 is 19.7 Å². The first kappa shape index (κ1) is 23.7. The van der Waals surface area contributed by atoms with Crippen molar-refractivity contribution in [2.24, 2.45) is 0 Å². The number of amides is 1. The van der Waals surface area contributed by atoms with Crippen LogP contribution in [0.3, 0.4) is 0 Å². The maximum atomic E-state index is 13.3. The van der Waals surface area contributed by atoms with Gasteiger partial charge >= 0.3 is 0 Å². The second-order valence-corrected chi connectivity index (χ2v) is 6.56. The van der Waals surface area contributed by atoms with Crippen molar-refractivity contribution in [1.29, 1.82) is 0 Å². The van der Waals surface area contributed by atoms with E-state index in [1.54, 1.807) is 32.2 Å². The Bertz CT molecular complexity index is 771. The second kappa shape index (κ2) is 11.5. The first-order valence-electron chi connectivity index (χ1n) is 8.89. The van der Waals surface area contributed by atoms with Crippen LogP contribution in [0.1, 0.15) is 18.1 Å². The highest BCUT2D eigenvalue weighted by Gasteiger charge is 2.13. The highest BCUT2D eigenvalue weighted by Crippen LogP contribution is 2.29. The number of hydrogen-bond donors (Lipinski definition) is 1. The molecule has 28 heavy (non-hydrogen) atoms. The van der Waals surface area contributed by atoms with Crippen LogP contribution in [0.5, 0.6) is 11.5 Å². The number of carbonyl (C=O) groups is 1. The Morgan fingerprint density at radius 2 is 1.89 bits per heavy atom. The molecule has 0 saturated heterocycles. The van der Waals surface area contributed by atoms with E-state index in [1.165, 1.54) is 12.1 Å². The van der Waals surface area contributed by atoms with Crippen LogP contribution in [0.15, 0.2) is 42.5 Å². The smallest absolute Gasteiger partial charge is 0.238 e. The predicted molar refractivity (Wildman–Crippen MR) is 111 cm³/mol. The number of benzene rings is 2. The Kier molecular flexibility index (Phi) is 9.76. The monoisotopic (exact) mass is 410 g/mol.